The number of anilines is 2. The Labute approximate surface area is 276 Å². The SMILES string of the molecule is CC(=O)OC[CH]=[Ru]([Cl])[Cl].Cc1cc(C)c(N2[CH-]N(c3c(C)cc(C)cc3C)CC2)c(C)c1.c1ccncc1.c1ccncc1. The van der Waals surface area contributed by atoms with Gasteiger partial charge in [-0.15, -0.1) is 0 Å². The van der Waals surface area contributed by atoms with Gasteiger partial charge in [-0.2, -0.15) is 6.67 Å². The Balaban J connectivity index is 0.000000260. The molecule has 0 N–H and O–H groups in total. The van der Waals surface area contributed by atoms with Crippen LogP contribution in [0.4, 0.5) is 11.4 Å². The summed E-state index contributed by atoms with van der Waals surface area (Å²) >= 11 is -1.72. The van der Waals surface area contributed by atoms with Crippen LogP contribution >= 0.6 is 19.4 Å². The van der Waals surface area contributed by atoms with Gasteiger partial charge in [0, 0.05) is 49.3 Å². The fourth-order valence-electron chi connectivity index (χ4n) is 4.91. The number of carbonyl (C=O) groups excluding carboxylic acids is 1. The number of carbonyl (C=O) groups is 1. The second-order valence-electron chi connectivity index (χ2n) is 10.2. The van der Waals surface area contributed by atoms with Crippen LogP contribution in [0.5, 0.6) is 0 Å². The van der Waals surface area contributed by atoms with Gasteiger partial charge < -0.3 is 9.80 Å². The molecule has 2 aromatic carbocycles. The summed E-state index contributed by atoms with van der Waals surface area (Å²) in [6.07, 6.45) is 7.00. The number of hydrogen-bond donors (Lipinski definition) is 0. The number of esters is 1. The van der Waals surface area contributed by atoms with E-state index in [2.05, 4.69) is 97.0 Å². The van der Waals surface area contributed by atoms with E-state index in [1.54, 1.807) is 29.4 Å². The zero-order valence-corrected chi connectivity index (χ0v) is 29.8. The van der Waals surface area contributed by atoms with Crippen molar-refractivity contribution in [1.82, 2.24) is 9.97 Å². The van der Waals surface area contributed by atoms with Gasteiger partial charge >= 0.3 is 66.5 Å². The Hall–Kier alpha value is -3.12. The first-order valence-corrected chi connectivity index (χ1v) is 19.7. The maximum absolute atomic E-state index is 10.1. The van der Waals surface area contributed by atoms with Crippen molar-refractivity contribution in [3.8, 4) is 0 Å². The minimum atomic E-state index is -1.72. The van der Waals surface area contributed by atoms with Crippen molar-refractivity contribution in [2.24, 2.45) is 0 Å². The number of hydrogen-bond acceptors (Lipinski definition) is 6. The fourth-order valence-corrected chi connectivity index (χ4v) is 5.80. The molecule has 1 aliphatic heterocycles. The van der Waals surface area contributed by atoms with Crippen molar-refractivity contribution in [2.75, 3.05) is 29.5 Å². The zero-order chi connectivity index (χ0) is 32.5. The maximum atomic E-state index is 10.1. The molecule has 0 spiro atoms. The Morgan fingerprint density at radius 2 is 1.11 bits per heavy atom. The second-order valence-corrected chi connectivity index (χ2v) is 16.1. The molecule has 4 aromatic rings. The monoisotopic (exact) mass is 723 g/mol. The molecule has 238 valence electrons. The van der Waals surface area contributed by atoms with Gasteiger partial charge in [0.05, 0.1) is 0 Å². The molecular weight excluding hydrogens is 680 g/mol. The zero-order valence-electron chi connectivity index (χ0n) is 26.6. The number of aryl methyl sites for hydroxylation is 6. The number of pyridine rings is 2. The van der Waals surface area contributed by atoms with Crippen LogP contribution in [0.1, 0.15) is 40.3 Å². The minimum absolute atomic E-state index is 0.237. The molecule has 0 amide bonds. The van der Waals surface area contributed by atoms with Crippen LogP contribution in [0, 0.1) is 48.2 Å². The fraction of sp³-hybridized carbons (Fsp3) is 0.286. The topological polar surface area (TPSA) is 58.6 Å². The third kappa shape index (κ3) is 13.7. The van der Waals surface area contributed by atoms with Crippen LogP contribution in [-0.4, -0.2) is 40.2 Å². The summed E-state index contributed by atoms with van der Waals surface area (Å²) in [6, 6.07) is 20.5. The molecule has 0 unspecified atom stereocenters. The van der Waals surface area contributed by atoms with Gasteiger partial charge in [-0.3, -0.25) is 9.97 Å². The molecule has 5 rings (SSSR count). The van der Waals surface area contributed by atoms with Crippen molar-refractivity contribution >= 4 is 41.3 Å². The quantitative estimate of drug-likeness (QED) is 0.120. The van der Waals surface area contributed by atoms with Gasteiger partial charge in [0.2, 0.25) is 0 Å². The van der Waals surface area contributed by atoms with Gasteiger partial charge in [0.25, 0.3) is 0 Å². The van der Waals surface area contributed by atoms with Crippen molar-refractivity contribution in [1.29, 1.82) is 0 Å². The largest absolute Gasteiger partial charge is 0.502 e. The molecule has 0 radical (unpaired) electrons. The average Bonchev–Trinajstić information content (AvgIpc) is 3.43. The van der Waals surface area contributed by atoms with E-state index in [0.717, 1.165) is 13.1 Å². The van der Waals surface area contributed by atoms with Crippen LogP contribution in [0.25, 0.3) is 0 Å². The number of benzene rings is 2. The standard InChI is InChI=1S/C21H27N2.2C5H5N.C4H6O2.2ClH.Ru/c1-14-9-16(3)20(17(4)10-14)22-7-8-23(13-22)21-18(5)11-15(2)12-19(21)6;2*1-2-4-6-5-3-1;1-3-6-4(2)5;;;/h9-13H,7-8H2,1-6H3;2*1-5H;1H,3H2,2H3;2*1H;/q-1;;;;;;+2/p-2. The molecule has 9 heteroatoms. The first kappa shape index (κ1) is 37.1. The molecule has 1 saturated heterocycles. The summed E-state index contributed by atoms with van der Waals surface area (Å²) in [5.74, 6) is -0.310. The van der Waals surface area contributed by atoms with Gasteiger partial charge in [-0.25, -0.2) is 0 Å². The number of ether oxygens (including phenoxy) is 1. The summed E-state index contributed by atoms with van der Waals surface area (Å²) in [5.41, 5.74) is 10.8. The molecule has 3 heterocycles. The Morgan fingerprint density at radius 3 is 1.36 bits per heavy atom. The Kier molecular flexibility index (Phi) is 16.9. The Bertz CT molecular complexity index is 1270. The second kappa shape index (κ2) is 20.0. The van der Waals surface area contributed by atoms with Crippen LogP contribution in [0.15, 0.2) is 85.5 Å². The van der Waals surface area contributed by atoms with Gasteiger partial charge in [-0.1, -0.05) is 47.5 Å². The van der Waals surface area contributed by atoms with E-state index < -0.39 is 13.5 Å². The summed E-state index contributed by atoms with van der Waals surface area (Å²) in [6.45, 7) is 19.1. The third-order valence-corrected chi connectivity index (χ3v) is 8.41. The van der Waals surface area contributed by atoms with Crippen LogP contribution in [-0.2, 0) is 23.0 Å². The summed E-state index contributed by atoms with van der Waals surface area (Å²) in [5, 5.41) is 0. The number of halogens is 2. The van der Waals surface area contributed by atoms with Crippen LogP contribution < -0.4 is 9.80 Å². The van der Waals surface area contributed by atoms with Gasteiger partial charge in [0.1, 0.15) is 0 Å². The minimum Gasteiger partial charge on any atom is -0.502 e. The molecule has 0 atom stereocenters. The average molecular weight is 724 g/mol. The van der Waals surface area contributed by atoms with Crippen molar-refractivity contribution in [2.45, 2.75) is 48.5 Å². The third-order valence-electron chi connectivity index (χ3n) is 6.29. The molecule has 0 saturated carbocycles. The summed E-state index contributed by atoms with van der Waals surface area (Å²) in [4.78, 5) is 22.5. The Morgan fingerprint density at radius 1 is 0.750 bits per heavy atom. The van der Waals surface area contributed by atoms with E-state index in [1.165, 1.54) is 51.7 Å². The van der Waals surface area contributed by atoms with E-state index in [9.17, 15) is 4.79 Å². The van der Waals surface area contributed by atoms with E-state index in [1.807, 2.05) is 36.4 Å². The van der Waals surface area contributed by atoms with Crippen molar-refractivity contribution < 1.29 is 23.0 Å². The van der Waals surface area contributed by atoms with Gasteiger partial charge in [0.15, 0.2) is 0 Å². The molecule has 44 heavy (non-hydrogen) atoms. The summed E-state index contributed by atoms with van der Waals surface area (Å²) < 4.78 is 6.15. The number of nitrogens with zero attached hydrogens (tertiary/aromatic N) is 4. The molecule has 1 aliphatic rings. The van der Waals surface area contributed by atoms with E-state index in [0.29, 0.717) is 0 Å². The molecular formula is C35H43Cl2N4O2Ru-. The van der Waals surface area contributed by atoms with Crippen LogP contribution in [0.3, 0.4) is 0 Å². The van der Waals surface area contributed by atoms with Crippen molar-refractivity contribution in [3.05, 3.63) is 126 Å². The molecule has 2 aromatic heterocycles. The van der Waals surface area contributed by atoms with E-state index in [4.69, 9.17) is 19.4 Å². The predicted octanol–water partition coefficient (Wildman–Crippen LogP) is 8.42. The predicted molar refractivity (Wildman–Crippen MR) is 183 cm³/mol. The molecule has 0 aliphatic carbocycles. The molecule has 6 nitrogen and oxygen atoms in total. The first-order valence-electron chi connectivity index (χ1n) is 14.2. The van der Waals surface area contributed by atoms with Gasteiger partial charge in [-0.05, 0) is 88.1 Å². The molecule has 0 bridgehead atoms. The first-order chi connectivity index (χ1) is 21.0. The maximum Gasteiger partial charge on any atom is 0.0267 e. The molecule has 1 fully saturated rings. The summed E-state index contributed by atoms with van der Waals surface area (Å²) in [7, 11) is 10.8. The number of rotatable bonds is 4. The smallest absolute Gasteiger partial charge is 0.0267 e. The normalized spacial score (nSPS) is 12.0. The van der Waals surface area contributed by atoms with Crippen molar-refractivity contribution in [3.63, 3.8) is 0 Å². The van der Waals surface area contributed by atoms with Crippen LogP contribution in [0.2, 0.25) is 0 Å². The van der Waals surface area contributed by atoms with E-state index >= 15 is 0 Å². The number of aromatic nitrogens is 2. The van der Waals surface area contributed by atoms with E-state index in [-0.39, 0.29) is 12.6 Å².